The molecule has 0 aliphatic carbocycles. The molecule has 0 unspecified atom stereocenters. The van der Waals surface area contributed by atoms with Crippen molar-refractivity contribution in [1.29, 1.82) is 0 Å². The van der Waals surface area contributed by atoms with Crippen molar-refractivity contribution in [3.05, 3.63) is 23.9 Å². The molecule has 1 aliphatic heterocycles. The van der Waals surface area contributed by atoms with Crippen molar-refractivity contribution >= 4 is 15.8 Å². The van der Waals surface area contributed by atoms with Gasteiger partial charge in [-0.05, 0) is 6.07 Å². The molecule has 0 bridgehead atoms. The fraction of sp³-hybridized carbons (Fsp3) is 0.286. The summed E-state index contributed by atoms with van der Waals surface area (Å²) in [5, 5.41) is 0. The van der Waals surface area contributed by atoms with Crippen LogP contribution in [0, 0.1) is 0 Å². The molecular formula is C7H8N2O2S. The smallest absolute Gasteiger partial charge is 0.233 e. The van der Waals surface area contributed by atoms with Gasteiger partial charge in [0.1, 0.15) is 5.82 Å². The predicted molar refractivity (Wildman–Crippen MR) is 45.3 cm³/mol. The molecule has 0 radical (unpaired) electrons. The Morgan fingerprint density at radius 1 is 1.58 bits per heavy atom. The van der Waals surface area contributed by atoms with Gasteiger partial charge in [0.25, 0.3) is 0 Å². The van der Waals surface area contributed by atoms with Gasteiger partial charge in [-0.1, -0.05) is 6.07 Å². The minimum Gasteiger partial charge on any atom is -0.249 e. The van der Waals surface area contributed by atoms with Crippen LogP contribution >= 0.6 is 0 Å². The monoisotopic (exact) mass is 184 g/mol. The lowest BCUT2D eigenvalue weighted by molar-refractivity contribution is 0.591. The SMILES string of the molecule is CS(=O)(=O)N1Cc2cccnc21. The Kier molecular flexibility index (Phi) is 1.38. The molecule has 0 fully saturated rings. The predicted octanol–water partition coefficient (Wildman–Crippen LogP) is 0.361. The lowest BCUT2D eigenvalue weighted by Crippen LogP contribution is -2.38. The number of pyridine rings is 1. The second-order valence-electron chi connectivity index (χ2n) is 2.76. The zero-order valence-corrected chi connectivity index (χ0v) is 7.37. The van der Waals surface area contributed by atoms with Crippen LogP contribution in [0.5, 0.6) is 0 Å². The van der Waals surface area contributed by atoms with Gasteiger partial charge in [0.2, 0.25) is 10.0 Å². The average molecular weight is 184 g/mol. The highest BCUT2D eigenvalue weighted by Gasteiger charge is 2.30. The first kappa shape index (κ1) is 7.54. The summed E-state index contributed by atoms with van der Waals surface area (Å²) in [5.74, 6) is 0.569. The molecule has 0 saturated heterocycles. The Morgan fingerprint density at radius 3 is 2.92 bits per heavy atom. The van der Waals surface area contributed by atoms with E-state index in [2.05, 4.69) is 4.98 Å². The number of nitrogens with zero attached hydrogens (tertiary/aromatic N) is 2. The first-order chi connectivity index (χ1) is 5.59. The minimum atomic E-state index is -3.11. The molecule has 0 spiro atoms. The molecule has 12 heavy (non-hydrogen) atoms. The summed E-state index contributed by atoms with van der Waals surface area (Å²) in [6.07, 6.45) is 2.78. The quantitative estimate of drug-likeness (QED) is 0.633. The molecule has 1 aliphatic rings. The Morgan fingerprint density at radius 2 is 2.33 bits per heavy atom. The topological polar surface area (TPSA) is 50.3 Å². The van der Waals surface area contributed by atoms with Gasteiger partial charge in [-0.2, -0.15) is 0 Å². The van der Waals surface area contributed by atoms with Gasteiger partial charge in [-0.15, -0.1) is 0 Å². The normalized spacial score (nSPS) is 15.2. The standard InChI is InChI=1S/C7H8N2O2S/c1-12(10,11)9-5-6-3-2-4-8-7(6)9/h2-4H,5H2,1H3. The summed E-state index contributed by atoms with van der Waals surface area (Å²) < 4.78 is 23.4. The second-order valence-corrected chi connectivity index (χ2v) is 4.66. The molecule has 2 heterocycles. The summed E-state index contributed by atoms with van der Waals surface area (Å²) >= 11 is 0. The first-order valence-electron chi connectivity index (χ1n) is 3.50. The molecule has 1 aromatic rings. The van der Waals surface area contributed by atoms with Crippen LogP contribution in [0.15, 0.2) is 18.3 Å². The Balaban J connectivity index is 2.44. The molecule has 2 rings (SSSR count). The highest BCUT2D eigenvalue weighted by Crippen LogP contribution is 2.31. The molecule has 5 heteroatoms. The Bertz CT molecular complexity index is 413. The van der Waals surface area contributed by atoms with Crippen LogP contribution in [-0.4, -0.2) is 19.7 Å². The van der Waals surface area contributed by atoms with Crippen molar-refractivity contribution in [2.24, 2.45) is 0 Å². The molecule has 0 aromatic carbocycles. The number of anilines is 1. The van der Waals surface area contributed by atoms with Gasteiger partial charge in [0.15, 0.2) is 0 Å². The van der Waals surface area contributed by atoms with E-state index in [0.29, 0.717) is 12.4 Å². The van der Waals surface area contributed by atoms with Crippen LogP contribution in [0.25, 0.3) is 0 Å². The van der Waals surface area contributed by atoms with E-state index in [4.69, 9.17) is 0 Å². The van der Waals surface area contributed by atoms with E-state index in [1.807, 2.05) is 6.07 Å². The van der Waals surface area contributed by atoms with Crippen LogP contribution in [0.4, 0.5) is 5.82 Å². The van der Waals surface area contributed by atoms with E-state index in [9.17, 15) is 8.42 Å². The van der Waals surface area contributed by atoms with Gasteiger partial charge in [0, 0.05) is 11.8 Å². The van der Waals surface area contributed by atoms with E-state index in [0.717, 1.165) is 5.56 Å². The van der Waals surface area contributed by atoms with Crippen molar-refractivity contribution in [3.8, 4) is 0 Å². The van der Waals surface area contributed by atoms with Crippen LogP contribution in [0.3, 0.4) is 0 Å². The highest BCUT2D eigenvalue weighted by molar-refractivity contribution is 7.92. The maximum Gasteiger partial charge on any atom is 0.233 e. The molecule has 0 amide bonds. The lowest BCUT2D eigenvalue weighted by Gasteiger charge is -2.31. The van der Waals surface area contributed by atoms with Crippen molar-refractivity contribution in [2.45, 2.75) is 6.54 Å². The van der Waals surface area contributed by atoms with Gasteiger partial charge in [-0.25, -0.2) is 17.7 Å². The number of sulfonamides is 1. The number of hydrogen-bond acceptors (Lipinski definition) is 3. The van der Waals surface area contributed by atoms with Crippen LogP contribution in [-0.2, 0) is 16.6 Å². The molecule has 1 aromatic heterocycles. The molecule has 0 N–H and O–H groups in total. The van der Waals surface area contributed by atoms with Gasteiger partial charge < -0.3 is 0 Å². The van der Waals surface area contributed by atoms with Crippen LogP contribution < -0.4 is 4.31 Å². The van der Waals surface area contributed by atoms with E-state index < -0.39 is 10.0 Å². The highest BCUT2D eigenvalue weighted by atomic mass is 32.2. The summed E-state index contributed by atoms with van der Waals surface area (Å²) in [6, 6.07) is 3.68. The summed E-state index contributed by atoms with van der Waals surface area (Å²) in [7, 11) is -3.11. The molecule has 0 atom stereocenters. The maximum atomic E-state index is 11.1. The van der Waals surface area contributed by atoms with Gasteiger partial charge >= 0.3 is 0 Å². The number of aromatic nitrogens is 1. The van der Waals surface area contributed by atoms with Crippen molar-refractivity contribution in [1.82, 2.24) is 4.98 Å². The summed E-state index contributed by atoms with van der Waals surface area (Å²) in [6.45, 7) is 0.460. The fourth-order valence-corrected chi connectivity index (χ4v) is 2.04. The maximum absolute atomic E-state index is 11.1. The van der Waals surface area contributed by atoms with Gasteiger partial charge in [-0.3, -0.25) is 0 Å². The Hall–Kier alpha value is -1.10. The van der Waals surface area contributed by atoms with E-state index in [1.54, 1.807) is 12.3 Å². The zero-order valence-electron chi connectivity index (χ0n) is 6.56. The van der Waals surface area contributed by atoms with E-state index >= 15 is 0 Å². The largest absolute Gasteiger partial charge is 0.249 e. The van der Waals surface area contributed by atoms with Gasteiger partial charge in [0.05, 0.1) is 12.8 Å². The molecule has 64 valence electrons. The Labute approximate surface area is 70.9 Å². The molecule has 4 nitrogen and oxygen atoms in total. The molecular weight excluding hydrogens is 176 g/mol. The van der Waals surface area contributed by atoms with E-state index in [1.165, 1.54) is 10.6 Å². The number of fused-ring (bicyclic) bond motifs is 1. The second kappa shape index (κ2) is 2.20. The van der Waals surface area contributed by atoms with Crippen molar-refractivity contribution in [3.63, 3.8) is 0 Å². The lowest BCUT2D eigenvalue weighted by atomic mass is 10.2. The summed E-state index contributed by atoms with van der Waals surface area (Å²) in [4.78, 5) is 3.96. The third kappa shape index (κ3) is 0.972. The van der Waals surface area contributed by atoms with Crippen molar-refractivity contribution < 1.29 is 8.42 Å². The van der Waals surface area contributed by atoms with E-state index in [-0.39, 0.29) is 0 Å². The average Bonchev–Trinajstić information content (AvgIpc) is 1.88. The fourth-order valence-electron chi connectivity index (χ4n) is 1.19. The van der Waals surface area contributed by atoms with Crippen LogP contribution in [0.2, 0.25) is 0 Å². The minimum absolute atomic E-state index is 0.460. The summed E-state index contributed by atoms with van der Waals surface area (Å²) in [5.41, 5.74) is 0.989. The molecule has 0 saturated carbocycles. The third-order valence-corrected chi connectivity index (χ3v) is 2.92. The van der Waals surface area contributed by atoms with Crippen molar-refractivity contribution in [2.75, 3.05) is 10.6 Å². The number of hydrogen-bond donors (Lipinski definition) is 0. The number of rotatable bonds is 1. The first-order valence-corrected chi connectivity index (χ1v) is 5.35. The van der Waals surface area contributed by atoms with Crippen LogP contribution in [0.1, 0.15) is 5.56 Å². The zero-order chi connectivity index (χ0) is 8.77. The third-order valence-electron chi connectivity index (χ3n) is 1.82.